The summed E-state index contributed by atoms with van der Waals surface area (Å²) in [6.07, 6.45) is 0.891. The van der Waals surface area contributed by atoms with Crippen LogP contribution in [0.5, 0.6) is 5.75 Å². The van der Waals surface area contributed by atoms with Crippen molar-refractivity contribution in [2.75, 3.05) is 26.9 Å². The number of benzene rings is 1. The summed E-state index contributed by atoms with van der Waals surface area (Å²) in [5, 5.41) is 6.55. The molecule has 0 amide bonds. The van der Waals surface area contributed by atoms with E-state index in [1.165, 1.54) is 0 Å². The van der Waals surface area contributed by atoms with Crippen LogP contribution in [0.15, 0.2) is 29.3 Å². The predicted molar refractivity (Wildman–Crippen MR) is 91.5 cm³/mol. The van der Waals surface area contributed by atoms with Crippen molar-refractivity contribution in [2.24, 2.45) is 4.99 Å². The molecule has 0 aliphatic heterocycles. The van der Waals surface area contributed by atoms with Gasteiger partial charge in [-0.2, -0.15) is 0 Å². The molecule has 0 aliphatic carbocycles. The van der Waals surface area contributed by atoms with Gasteiger partial charge in [-0.1, -0.05) is 12.1 Å². The fourth-order valence-electron chi connectivity index (χ4n) is 1.89. The summed E-state index contributed by atoms with van der Waals surface area (Å²) in [6.45, 7) is 9.11. The highest BCUT2D eigenvalue weighted by molar-refractivity contribution is 5.79. The van der Waals surface area contributed by atoms with Crippen molar-refractivity contribution >= 4 is 5.96 Å². The second-order valence-corrected chi connectivity index (χ2v) is 5.34. The minimum atomic E-state index is 0.355. The fourth-order valence-corrected chi connectivity index (χ4v) is 1.89. The lowest BCUT2D eigenvalue weighted by atomic mass is 10.2. The molecule has 1 rings (SSSR count). The van der Waals surface area contributed by atoms with E-state index in [0.29, 0.717) is 19.2 Å². The van der Waals surface area contributed by atoms with Gasteiger partial charge in [0.1, 0.15) is 5.75 Å². The summed E-state index contributed by atoms with van der Waals surface area (Å²) in [5.74, 6) is 1.72. The zero-order chi connectivity index (χ0) is 16.2. The van der Waals surface area contributed by atoms with Gasteiger partial charge in [0.25, 0.3) is 0 Å². The molecule has 5 nitrogen and oxygen atoms in total. The van der Waals surface area contributed by atoms with Gasteiger partial charge in [-0.3, -0.25) is 0 Å². The maximum atomic E-state index is 5.71. The molecule has 0 fully saturated rings. The molecule has 0 saturated carbocycles. The van der Waals surface area contributed by atoms with Crippen LogP contribution >= 0.6 is 0 Å². The smallest absolute Gasteiger partial charge is 0.191 e. The zero-order valence-electron chi connectivity index (χ0n) is 14.2. The second-order valence-electron chi connectivity index (χ2n) is 5.34. The number of methoxy groups -OCH3 is 1. The zero-order valence-corrected chi connectivity index (χ0v) is 14.2. The normalized spacial score (nSPS) is 11.6. The maximum Gasteiger partial charge on any atom is 0.191 e. The number of hydrogen-bond donors (Lipinski definition) is 2. The third-order valence-corrected chi connectivity index (χ3v) is 2.85. The number of nitrogens with one attached hydrogen (secondary N) is 2. The van der Waals surface area contributed by atoms with Crippen molar-refractivity contribution < 1.29 is 9.47 Å². The fraction of sp³-hybridized carbons (Fsp3) is 0.588. The first-order valence-electron chi connectivity index (χ1n) is 7.91. The lowest BCUT2D eigenvalue weighted by molar-refractivity contribution is 0.172. The summed E-state index contributed by atoms with van der Waals surface area (Å²) in [6, 6.07) is 8.42. The Hall–Kier alpha value is -1.75. The van der Waals surface area contributed by atoms with Gasteiger partial charge in [0.15, 0.2) is 5.96 Å². The number of nitrogens with zero attached hydrogens (tertiary/aromatic N) is 1. The molecule has 1 aromatic rings. The van der Waals surface area contributed by atoms with Gasteiger partial charge in [0, 0.05) is 32.7 Å². The molecule has 0 aliphatic rings. The van der Waals surface area contributed by atoms with Gasteiger partial charge in [-0.05, 0) is 38.5 Å². The van der Waals surface area contributed by atoms with E-state index in [0.717, 1.165) is 36.8 Å². The van der Waals surface area contributed by atoms with Crippen LogP contribution in [0.2, 0.25) is 0 Å². The number of guanidine groups is 1. The SMILES string of the molecule is CCNC(=NCc1cccc(OCCCOC)c1)NC(C)C. The van der Waals surface area contributed by atoms with E-state index in [4.69, 9.17) is 9.47 Å². The molecule has 0 aromatic heterocycles. The Labute approximate surface area is 134 Å². The molecule has 0 unspecified atom stereocenters. The standard InChI is InChI=1S/C17H29N3O2/c1-5-18-17(20-14(2)3)19-13-15-8-6-9-16(12-15)22-11-7-10-21-4/h6,8-9,12,14H,5,7,10-11,13H2,1-4H3,(H2,18,19,20). The van der Waals surface area contributed by atoms with E-state index in [1.807, 2.05) is 18.2 Å². The lowest BCUT2D eigenvalue weighted by Crippen LogP contribution is -2.40. The molecule has 124 valence electrons. The van der Waals surface area contributed by atoms with Gasteiger partial charge in [0.05, 0.1) is 13.2 Å². The molecule has 2 N–H and O–H groups in total. The molecule has 22 heavy (non-hydrogen) atoms. The van der Waals surface area contributed by atoms with Crippen LogP contribution in [0.3, 0.4) is 0 Å². The van der Waals surface area contributed by atoms with E-state index >= 15 is 0 Å². The van der Waals surface area contributed by atoms with E-state index in [1.54, 1.807) is 7.11 Å². The second kappa shape index (κ2) is 10.9. The van der Waals surface area contributed by atoms with Crippen LogP contribution in [0, 0.1) is 0 Å². The molecular formula is C17H29N3O2. The predicted octanol–water partition coefficient (Wildman–Crippen LogP) is 2.57. The molecule has 0 spiro atoms. The third-order valence-electron chi connectivity index (χ3n) is 2.85. The summed E-state index contributed by atoms with van der Waals surface area (Å²) in [5.41, 5.74) is 1.13. The Morgan fingerprint density at radius 1 is 1.27 bits per heavy atom. The topological polar surface area (TPSA) is 54.9 Å². The first kappa shape index (κ1) is 18.3. The monoisotopic (exact) mass is 307 g/mol. The van der Waals surface area contributed by atoms with E-state index in [9.17, 15) is 0 Å². The van der Waals surface area contributed by atoms with Crippen molar-refractivity contribution in [1.82, 2.24) is 10.6 Å². The largest absolute Gasteiger partial charge is 0.493 e. The maximum absolute atomic E-state index is 5.71. The highest BCUT2D eigenvalue weighted by atomic mass is 16.5. The molecule has 5 heteroatoms. The van der Waals surface area contributed by atoms with Gasteiger partial charge < -0.3 is 20.1 Å². The Morgan fingerprint density at radius 3 is 2.77 bits per heavy atom. The van der Waals surface area contributed by atoms with Gasteiger partial charge in [-0.15, -0.1) is 0 Å². The van der Waals surface area contributed by atoms with Crippen molar-refractivity contribution in [3.05, 3.63) is 29.8 Å². The Morgan fingerprint density at radius 2 is 2.09 bits per heavy atom. The summed E-state index contributed by atoms with van der Waals surface area (Å²) < 4.78 is 10.7. The Bertz CT molecular complexity index is 447. The average molecular weight is 307 g/mol. The number of aliphatic imine (C=N–C) groups is 1. The Kier molecular flexibility index (Phi) is 9.07. The average Bonchev–Trinajstić information content (AvgIpc) is 2.49. The molecular weight excluding hydrogens is 278 g/mol. The summed E-state index contributed by atoms with van der Waals surface area (Å²) in [7, 11) is 1.70. The molecule has 0 heterocycles. The van der Waals surface area contributed by atoms with Crippen molar-refractivity contribution in [3.63, 3.8) is 0 Å². The molecule has 0 saturated heterocycles. The summed E-state index contributed by atoms with van der Waals surface area (Å²) >= 11 is 0. The first-order valence-corrected chi connectivity index (χ1v) is 7.91. The highest BCUT2D eigenvalue weighted by Gasteiger charge is 2.01. The van der Waals surface area contributed by atoms with Gasteiger partial charge in [0.2, 0.25) is 0 Å². The van der Waals surface area contributed by atoms with Gasteiger partial charge >= 0.3 is 0 Å². The van der Waals surface area contributed by atoms with Crippen LogP contribution in [-0.4, -0.2) is 38.9 Å². The first-order chi connectivity index (χ1) is 10.7. The van der Waals surface area contributed by atoms with Crippen molar-refractivity contribution in [3.8, 4) is 5.75 Å². The Balaban J connectivity index is 2.56. The van der Waals surface area contributed by atoms with Crippen LogP contribution in [0.25, 0.3) is 0 Å². The van der Waals surface area contributed by atoms with E-state index in [-0.39, 0.29) is 0 Å². The van der Waals surface area contributed by atoms with Crippen LogP contribution in [0.1, 0.15) is 32.8 Å². The van der Waals surface area contributed by atoms with Crippen molar-refractivity contribution in [1.29, 1.82) is 0 Å². The summed E-state index contributed by atoms with van der Waals surface area (Å²) in [4.78, 5) is 4.59. The van der Waals surface area contributed by atoms with E-state index in [2.05, 4.69) is 42.5 Å². The van der Waals surface area contributed by atoms with Crippen molar-refractivity contribution in [2.45, 2.75) is 39.8 Å². The molecule has 0 bridgehead atoms. The minimum absolute atomic E-state index is 0.355. The van der Waals surface area contributed by atoms with E-state index < -0.39 is 0 Å². The molecule has 0 atom stereocenters. The van der Waals surface area contributed by atoms with Gasteiger partial charge in [-0.25, -0.2) is 4.99 Å². The lowest BCUT2D eigenvalue weighted by Gasteiger charge is -2.14. The van der Waals surface area contributed by atoms with Crippen LogP contribution in [-0.2, 0) is 11.3 Å². The molecule has 0 radical (unpaired) electrons. The van der Waals surface area contributed by atoms with Crippen LogP contribution < -0.4 is 15.4 Å². The quantitative estimate of drug-likeness (QED) is 0.418. The highest BCUT2D eigenvalue weighted by Crippen LogP contribution is 2.14. The minimum Gasteiger partial charge on any atom is -0.493 e. The number of ether oxygens (including phenoxy) is 2. The third kappa shape index (κ3) is 7.88. The number of hydrogen-bond acceptors (Lipinski definition) is 3. The number of rotatable bonds is 9. The molecule has 1 aromatic carbocycles. The van der Waals surface area contributed by atoms with Crippen LogP contribution in [0.4, 0.5) is 0 Å².